The van der Waals surface area contributed by atoms with Crippen molar-refractivity contribution in [2.75, 3.05) is 18.6 Å². The molecule has 0 heterocycles. The average molecular weight is 305 g/mol. The van der Waals surface area contributed by atoms with Crippen molar-refractivity contribution in [3.63, 3.8) is 0 Å². The van der Waals surface area contributed by atoms with Crippen molar-refractivity contribution in [3.8, 4) is 0 Å². The van der Waals surface area contributed by atoms with Crippen molar-refractivity contribution in [1.82, 2.24) is 5.32 Å². The molecule has 0 aromatic heterocycles. The van der Waals surface area contributed by atoms with Crippen molar-refractivity contribution in [2.24, 2.45) is 0 Å². The quantitative estimate of drug-likeness (QED) is 0.853. The van der Waals surface area contributed by atoms with Gasteiger partial charge in [0.2, 0.25) is 0 Å². The van der Waals surface area contributed by atoms with Crippen molar-refractivity contribution in [1.29, 1.82) is 0 Å². The van der Waals surface area contributed by atoms with Gasteiger partial charge >= 0.3 is 0 Å². The normalized spacial score (nSPS) is 13.4. The van der Waals surface area contributed by atoms with E-state index < -0.39 is 9.84 Å². The number of sulfone groups is 1. The number of benzene rings is 2. The van der Waals surface area contributed by atoms with Crippen LogP contribution in [0, 0.1) is 0 Å². The van der Waals surface area contributed by atoms with E-state index >= 15 is 0 Å². The zero-order chi connectivity index (χ0) is 15.3. The predicted molar refractivity (Wildman–Crippen MR) is 89.3 cm³/mol. The first-order chi connectivity index (χ1) is 10.1. The molecule has 0 aliphatic carbocycles. The molecule has 0 spiro atoms. The van der Waals surface area contributed by atoms with Crippen LogP contribution in [0.4, 0.5) is 0 Å². The summed E-state index contributed by atoms with van der Waals surface area (Å²) in [5, 5.41) is 5.45. The van der Waals surface area contributed by atoms with Crippen molar-refractivity contribution >= 4 is 20.6 Å². The second-order valence-electron chi connectivity index (χ2n) is 5.42. The smallest absolute Gasteiger partial charge is 0.152 e. The maximum atomic E-state index is 12.2. The monoisotopic (exact) mass is 305 g/mol. The van der Waals surface area contributed by atoms with Crippen LogP contribution >= 0.6 is 0 Å². The second kappa shape index (κ2) is 7.05. The molecule has 114 valence electrons. The number of nitrogens with one attached hydrogen (secondary N) is 1. The van der Waals surface area contributed by atoms with Crippen molar-refractivity contribution in [3.05, 3.63) is 48.0 Å². The Morgan fingerprint density at radius 2 is 1.81 bits per heavy atom. The molecule has 2 aromatic rings. The van der Waals surface area contributed by atoms with Gasteiger partial charge in [0.25, 0.3) is 0 Å². The lowest BCUT2D eigenvalue weighted by molar-refractivity contribution is 0.571. The fraction of sp³-hybridized carbons (Fsp3) is 0.412. The van der Waals surface area contributed by atoms with Crippen molar-refractivity contribution < 1.29 is 8.42 Å². The Kier molecular flexibility index (Phi) is 5.37. The van der Waals surface area contributed by atoms with Gasteiger partial charge in [0.15, 0.2) is 9.84 Å². The second-order valence-corrected chi connectivity index (χ2v) is 7.64. The molecule has 4 heteroatoms. The minimum atomic E-state index is -3.02. The molecule has 2 aromatic carbocycles. The summed E-state index contributed by atoms with van der Waals surface area (Å²) in [6.07, 6.45) is 1.63. The topological polar surface area (TPSA) is 46.2 Å². The number of hydrogen-bond donors (Lipinski definition) is 1. The number of rotatable bonds is 7. The van der Waals surface area contributed by atoms with E-state index in [-0.39, 0.29) is 17.5 Å². The largest absolute Gasteiger partial charge is 0.312 e. The van der Waals surface area contributed by atoms with E-state index in [2.05, 4.69) is 23.5 Å². The Bertz CT molecular complexity index is 695. The molecule has 0 fully saturated rings. The molecule has 0 aliphatic rings. The van der Waals surface area contributed by atoms with Gasteiger partial charge in [-0.25, -0.2) is 8.42 Å². The maximum absolute atomic E-state index is 12.2. The molecule has 3 nitrogen and oxygen atoms in total. The molecule has 0 saturated carbocycles. The van der Waals surface area contributed by atoms with Crippen LogP contribution in [0.1, 0.15) is 31.4 Å². The van der Waals surface area contributed by atoms with Crippen LogP contribution in [0.5, 0.6) is 0 Å². The Morgan fingerprint density at radius 3 is 2.48 bits per heavy atom. The SMILES string of the molecule is CCCCS(=O)(=O)CC(NC)c1ccc2ccccc2c1. The van der Waals surface area contributed by atoms with Gasteiger partial charge in [-0.05, 0) is 35.9 Å². The van der Waals surface area contributed by atoms with E-state index in [4.69, 9.17) is 0 Å². The average Bonchev–Trinajstić information content (AvgIpc) is 2.50. The van der Waals surface area contributed by atoms with E-state index in [9.17, 15) is 8.42 Å². The number of unbranched alkanes of at least 4 members (excludes halogenated alkanes) is 1. The first-order valence-electron chi connectivity index (χ1n) is 7.42. The summed E-state index contributed by atoms with van der Waals surface area (Å²) >= 11 is 0. The van der Waals surface area contributed by atoms with E-state index in [1.165, 1.54) is 5.39 Å². The Hall–Kier alpha value is -1.39. The Morgan fingerprint density at radius 1 is 1.10 bits per heavy atom. The van der Waals surface area contributed by atoms with Crippen LogP contribution in [0.15, 0.2) is 42.5 Å². The van der Waals surface area contributed by atoms with Gasteiger partial charge in [0, 0.05) is 6.04 Å². The van der Waals surface area contributed by atoms with Crippen LogP contribution in [-0.4, -0.2) is 27.0 Å². The molecule has 0 amide bonds. The Labute approximate surface area is 127 Å². The van der Waals surface area contributed by atoms with Gasteiger partial charge in [0.1, 0.15) is 0 Å². The minimum Gasteiger partial charge on any atom is -0.312 e. The highest BCUT2D eigenvalue weighted by atomic mass is 32.2. The summed E-state index contributed by atoms with van der Waals surface area (Å²) in [5.74, 6) is 0.428. The fourth-order valence-corrected chi connectivity index (χ4v) is 4.23. The minimum absolute atomic E-state index is 0.155. The first-order valence-corrected chi connectivity index (χ1v) is 9.24. The summed E-state index contributed by atoms with van der Waals surface area (Å²) in [5.41, 5.74) is 1.02. The summed E-state index contributed by atoms with van der Waals surface area (Å²) in [6.45, 7) is 2.01. The fourth-order valence-electron chi connectivity index (χ4n) is 2.47. The third-order valence-electron chi connectivity index (χ3n) is 3.75. The highest BCUT2D eigenvalue weighted by Crippen LogP contribution is 2.21. The van der Waals surface area contributed by atoms with E-state index in [0.717, 1.165) is 23.8 Å². The van der Waals surface area contributed by atoms with Gasteiger partial charge < -0.3 is 5.32 Å². The number of fused-ring (bicyclic) bond motifs is 1. The molecule has 0 radical (unpaired) electrons. The van der Waals surface area contributed by atoms with E-state index in [0.29, 0.717) is 0 Å². The summed E-state index contributed by atoms with van der Waals surface area (Å²) in [7, 11) is -1.20. The van der Waals surface area contributed by atoms with Crippen LogP contribution in [0.2, 0.25) is 0 Å². The molecule has 2 rings (SSSR count). The highest BCUT2D eigenvalue weighted by molar-refractivity contribution is 7.91. The lowest BCUT2D eigenvalue weighted by Gasteiger charge is -2.17. The summed E-state index contributed by atoms with van der Waals surface area (Å²) in [4.78, 5) is 0. The van der Waals surface area contributed by atoms with Crippen LogP contribution in [0.25, 0.3) is 10.8 Å². The van der Waals surface area contributed by atoms with Crippen LogP contribution < -0.4 is 5.32 Å². The molecule has 0 aliphatic heterocycles. The maximum Gasteiger partial charge on any atom is 0.152 e. The zero-order valence-corrected chi connectivity index (χ0v) is 13.5. The van der Waals surface area contributed by atoms with Gasteiger partial charge in [-0.2, -0.15) is 0 Å². The standard InChI is InChI=1S/C17H23NO2S/c1-3-4-11-21(19,20)13-17(18-2)16-10-9-14-7-5-6-8-15(14)12-16/h5-10,12,17-18H,3-4,11,13H2,1-2H3. The molecule has 1 atom stereocenters. The molecule has 0 bridgehead atoms. The van der Waals surface area contributed by atoms with E-state index in [1.54, 1.807) is 0 Å². The third kappa shape index (κ3) is 4.29. The molecule has 0 saturated heterocycles. The molecular weight excluding hydrogens is 282 g/mol. The summed E-state index contributed by atoms with van der Waals surface area (Å²) in [6, 6.07) is 14.1. The van der Waals surface area contributed by atoms with Crippen molar-refractivity contribution in [2.45, 2.75) is 25.8 Å². The highest BCUT2D eigenvalue weighted by Gasteiger charge is 2.19. The van der Waals surface area contributed by atoms with Gasteiger partial charge in [-0.3, -0.25) is 0 Å². The first kappa shape index (κ1) is 16.0. The van der Waals surface area contributed by atoms with Gasteiger partial charge in [-0.15, -0.1) is 0 Å². The van der Waals surface area contributed by atoms with Crippen LogP contribution in [-0.2, 0) is 9.84 Å². The molecule has 1 N–H and O–H groups in total. The van der Waals surface area contributed by atoms with Gasteiger partial charge in [0.05, 0.1) is 11.5 Å². The lowest BCUT2D eigenvalue weighted by atomic mass is 10.0. The third-order valence-corrected chi connectivity index (χ3v) is 5.51. The zero-order valence-electron chi connectivity index (χ0n) is 12.7. The Balaban J connectivity index is 2.23. The summed E-state index contributed by atoms with van der Waals surface area (Å²) < 4.78 is 24.3. The molecule has 1 unspecified atom stereocenters. The molecule has 21 heavy (non-hydrogen) atoms. The van der Waals surface area contributed by atoms with Crippen LogP contribution in [0.3, 0.4) is 0 Å². The van der Waals surface area contributed by atoms with Gasteiger partial charge in [-0.1, -0.05) is 49.7 Å². The number of hydrogen-bond acceptors (Lipinski definition) is 3. The lowest BCUT2D eigenvalue weighted by Crippen LogP contribution is -2.26. The predicted octanol–water partition coefficient (Wildman–Crippen LogP) is 3.32. The van der Waals surface area contributed by atoms with E-state index in [1.807, 2.05) is 38.2 Å². The molecular formula is C17H23NO2S.